The van der Waals surface area contributed by atoms with E-state index in [2.05, 4.69) is 62.0 Å². The summed E-state index contributed by atoms with van der Waals surface area (Å²) in [6.07, 6.45) is 6.68. The average molecular weight is 441 g/mol. The van der Waals surface area contributed by atoms with Crippen LogP contribution in [0, 0.1) is 0 Å². The van der Waals surface area contributed by atoms with E-state index in [4.69, 9.17) is 9.73 Å². The molecule has 0 aliphatic carbocycles. The van der Waals surface area contributed by atoms with Gasteiger partial charge < -0.3 is 13.9 Å². The van der Waals surface area contributed by atoms with Crippen molar-refractivity contribution in [2.45, 2.75) is 19.5 Å². The number of hydrogen-bond acceptors (Lipinski definition) is 4. The molecule has 0 unspecified atom stereocenters. The van der Waals surface area contributed by atoms with Gasteiger partial charge >= 0.3 is 0 Å². The normalized spacial score (nSPS) is 11.8. The summed E-state index contributed by atoms with van der Waals surface area (Å²) in [6.45, 7) is 1.79. The maximum atomic E-state index is 5.28. The number of aryl methyl sites for hydroxylation is 1. The fraction of sp³-hybridized carbons (Fsp3) is 0.154. The Balaban J connectivity index is 1.57. The smallest absolute Gasteiger partial charge is 0.190 e. The van der Waals surface area contributed by atoms with Crippen LogP contribution < -0.4 is 9.54 Å². The molecule has 5 aromatic rings. The summed E-state index contributed by atoms with van der Waals surface area (Å²) in [4.78, 5) is 10.1. The molecule has 0 spiro atoms. The number of benzene rings is 3. The molecule has 160 valence electrons. The SMILES string of the molecule is COc1ccc(N=c2scc(-c3cccc4ccccc34)n2CCCn2ccnc2)cc1. The Morgan fingerprint density at radius 1 is 0.969 bits per heavy atom. The highest BCUT2D eigenvalue weighted by molar-refractivity contribution is 7.07. The maximum absolute atomic E-state index is 5.28. The van der Waals surface area contributed by atoms with Gasteiger partial charge in [-0.05, 0) is 41.5 Å². The van der Waals surface area contributed by atoms with E-state index in [-0.39, 0.29) is 0 Å². The lowest BCUT2D eigenvalue weighted by atomic mass is 10.0. The Bertz CT molecular complexity index is 1380. The highest BCUT2D eigenvalue weighted by atomic mass is 32.1. The van der Waals surface area contributed by atoms with Crippen molar-refractivity contribution in [3.05, 3.63) is 95.6 Å². The predicted molar refractivity (Wildman–Crippen MR) is 130 cm³/mol. The molecule has 3 aromatic carbocycles. The van der Waals surface area contributed by atoms with Crippen molar-refractivity contribution >= 4 is 27.8 Å². The summed E-state index contributed by atoms with van der Waals surface area (Å²) < 4.78 is 9.74. The van der Waals surface area contributed by atoms with Crippen molar-refractivity contribution in [3.63, 3.8) is 0 Å². The first-order valence-corrected chi connectivity index (χ1v) is 11.5. The minimum Gasteiger partial charge on any atom is -0.497 e. The molecule has 0 radical (unpaired) electrons. The maximum Gasteiger partial charge on any atom is 0.190 e. The van der Waals surface area contributed by atoms with Crippen LogP contribution in [0.15, 0.2) is 95.8 Å². The Labute approximate surface area is 190 Å². The zero-order valence-electron chi connectivity index (χ0n) is 17.9. The van der Waals surface area contributed by atoms with Crippen LogP contribution >= 0.6 is 11.3 Å². The first-order valence-electron chi connectivity index (χ1n) is 10.6. The third-order valence-corrected chi connectivity index (χ3v) is 6.38. The second-order valence-electron chi connectivity index (χ2n) is 7.55. The van der Waals surface area contributed by atoms with Gasteiger partial charge in [-0.1, -0.05) is 42.5 Å². The van der Waals surface area contributed by atoms with Crippen molar-refractivity contribution < 1.29 is 4.74 Å². The summed E-state index contributed by atoms with van der Waals surface area (Å²) in [7, 11) is 1.68. The largest absolute Gasteiger partial charge is 0.497 e. The van der Waals surface area contributed by atoms with Gasteiger partial charge in [-0.25, -0.2) is 9.98 Å². The van der Waals surface area contributed by atoms with Crippen LogP contribution in [-0.2, 0) is 13.1 Å². The Morgan fingerprint density at radius 2 is 1.81 bits per heavy atom. The number of methoxy groups -OCH3 is 1. The van der Waals surface area contributed by atoms with Gasteiger partial charge in [0.05, 0.1) is 24.8 Å². The summed E-state index contributed by atoms with van der Waals surface area (Å²) in [6, 6.07) is 22.9. The number of aromatic nitrogens is 3. The monoisotopic (exact) mass is 440 g/mol. The minimum absolute atomic E-state index is 0.833. The highest BCUT2D eigenvalue weighted by Crippen LogP contribution is 2.29. The second kappa shape index (κ2) is 9.24. The molecule has 5 nitrogen and oxygen atoms in total. The zero-order chi connectivity index (χ0) is 21.8. The molecule has 0 saturated heterocycles. The van der Waals surface area contributed by atoms with Gasteiger partial charge in [0.25, 0.3) is 0 Å². The lowest BCUT2D eigenvalue weighted by Crippen LogP contribution is -2.17. The fourth-order valence-corrected chi connectivity index (χ4v) is 4.84. The molecular formula is C26H24N4OS. The molecule has 5 rings (SSSR count). The zero-order valence-corrected chi connectivity index (χ0v) is 18.7. The molecule has 0 fully saturated rings. The number of rotatable bonds is 7. The van der Waals surface area contributed by atoms with Crippen LogP contribution in [0.2, 0.25) is 0 Å². The molecule has 2 aromatic heterocycles. The number of ether oxygens (including phenoxy) is 1. The Kier molecular flexibility index (Phi) is 5.85. The van der Waals surface area contributed by atoms with Crippen LogP contribution in [0.1, 0.15) is 6.42 Å². The van der Waals surface area contributed by atoms with Crippen LogP contribution in [0.4, 0.5) is 5.69 Å². The first kappa shape index (κ1) is 20.3. The third kappa shape index (κ3) is 4.22. The molecule has 0 amide bonds. The van der Waals surface area contributed by atoms with Gasteiger partial charge in [0.1, 0.15) is 5.75 Å². The summed E-state index contributed by atoms with van der Waals surface area (Å²) in [5.74, 6) is 0.833. The van der Waals surface area contributed by atoms with Crippen molar-refractivity contribution in [2.24, 2.45) is 4.99 Å². The Morgan fingerprint density at radius 3 is 2.62 bits per heavy atom. The third-order valence-electron chi connectivity index (χ3n) is 5.52. The first-order chi connectivity index (χ1) is 15.8. The fourth-order valence-electron chi connectivity index (χ4n) is 3.90. The van der Waals surface area contributed by atoms with Gasteiger partial charge in [-0.3, -0.25) is 0 Å². The topological polar surface area (TPSA) is 44.3 Å². The summed E-state index contributed by atoms with van der Waals surface area (Å²) >= 11 is 1.68. The Hall–Kier alpha value is -3.64. The highest BCUT2D eigenvalue weighted by Gasteiger charge is 2.11. The van der Waals surface area contributed by atoms with E-state index in [0.717, 1.165) is 35.7 Å². The van der Waals surface area contributed by atoms with Crippen molar-refractivity contribution in [2.75, 3.05) is 7.11 Å². The van der Waals surface area contributed by atoms with Crippen LogP contribution in [0.5, 0.6) is 5.75 Å². The molecular weight excluding hydrogens is 416 g/mol. The lowest BCUT2D eigenvalue weighted by molar-refractivity contribution is 0.415. The van der Waals surface area contributed by atoms with E-state index < -0.39 is 0 Å². The van der Waals surface area contributed by atoms with Crippen molar-refractivity contribution in [3.8, 4) is 17.0 Å². The lowest BCUT2D eigenvalue weighted by Gasteiger charge is -2.12. The number of hydrogen-bond donors (Lipinski definition) is 0. The van der Waals surface area contributed by atoms with Gasteiger partial charge in [-0.15, -0.1) is 11.3 Å². The van der Waals surface area contributed by atoms with Gasteiger partial charge in [0, 0.05) is 36.4 Å². The molecule has 0 N–H and O–H groups in total. The number of nitrogens with zero attached hydrogens (tertiary/aromatic N) is 4. The van der Waals surface area contributed by atoms with E-state index in [1.807, 2.05) is 43.0 Å². The molecule has 0 aliphatic heterocycles. The molecule has 6 heteroatoms. The number of thiazole rings is 1. The van der Waals surface area contributed by atoms with E-state index in [9.17, 15) is 0 Å². The summed E-state index contributed by atoms with van der Waals surface area (Å²) in [5, 5.41) is 4.73. The molecule has 0 bridgehead atoms. The van der Waals surface area contributed by atoms with Gasteiger partial charge in [0.2, 0.25) is 0 Å². The van der Waals surface area contributed by atoms with Crippen LogP contribution in [0.3, 0.4) is 0 Å². The minimum atomic E-state index is 0.833. The van der Waals surface area contributed by atoms with Crippen LogP contribution in [-0.4, -0.2) is 21.2 Å². The van der Waals surface area contributed by atoms with Gasteiger partial charge in [-0.2, -0.15) is 0 Å². The average Bonchev–Trinajstić information content (AvgIpc) is 3.50. The molecule has 0 aliphatic rings. The standard InChI is InChI=1S/C26H24N4OS/c1-31-22-12-10-21(11-13-22)28-26-30(16-5-15-29-17-14-27-19-29)25(18-32-26)24-9-4-7-20-6-2-3-8-23(20)24/h2-4,6-14,17-19H,5,15-16H2,1H3. The van der Waals surface area contributed by atoms with E-state index in [1.165, 1.54) is 22.0 Å². The predicted octanol–water partition coefficient (Wildman–Crippen LogP) is 5.90. The van der Waals surface area contributed by atoms with E-state index in [0.29, 0.717) is 0 Å². The molecule has 32 heavy (non-hydrogen) atoms. The number of fused-ring (bicyclic) bond motifs is 1. The summed E-state index contributed by atoms with van der Waals surface area (Å²) in [5.41, 5.74) is 3.35. The molecule has 2 heterocycles. The molecule has 0 saturated carbocycles. The second-order valence-corrected chi connectivity index (χ2v) is 8.38. The van der Waals surface area contributed by atoms with Gasteiger partial charge in [0.15, 0.2) is 4.80 Å². The van der Waals surface area contributed by atoms with Crippen molar-refractivity contribution in [1.82, 2.24) is 14.1 Å². The number of imidazole rings is 1. The van der Waals surface area contributed by atoms with Crippen molar-refractivity contribution in [1.29, 1.82) is 0 Å². The molecule has 0 atom stereocenters. The van der Waals surface area contributed by atoms with E-state index in [1.54, 1.807) is 18.4 Å². The quantitative estimate of drug-likeness (QED) is 0.316. The van der Waals surface area contributed by atoms with E-state index >= 15 is 0 Å². The van der Waals surface area contributed by atoms with Crippen LogP contribution in [0.25, 0.3) is 22.0 Å².